The maximum Gasteiger partial charge on any atom is 0.508 e. The minimum Gasteiger partial charge on any atom is -0.435 e. The lowest BCUT2D eigenvalue weighted by Gasteiger charge is -2.36. The Kier molecular flexibility index (Phi) is 7.76. The molecule has 2 rings (SSSR count). The molecular formula is C21H32O4. The number of carbonyl (C=O) groups excluding carboxylic acids is 1. The van der Waals surface area contributed by atoms with Gasteiger partial charge in [-0.15, -0.1) is 0 Å². The molecule has 0 heterocycles. The van der Waals surface area contributed by atoms with Crippen molar-refractivity contribution < 1.29 is 19.4 Å². The second-order valence-electron chi connectivity index (χ2n) is 7.04. The maximum atomic E-state index is 11.4. The second-order valence-corrected chi connectivity index (χ2v) is 7.04. The van der Waals surface area contributed by atoms with E-state index in [1.807, 2.05) is 0 Å². The van der Waals surface area contributed by atoms with E-state index >= 15 is 0 Å². The number of ether oxygens (including phenoxy) is 2. The van der Waals surface area contributed by atoms with Gasteiger partial charge in [-0.05, 0) is 56.6 Å². The zero-order valence-electron chi connectivity index (χ0n) is 15.6. The van der Waals surface area contributed by atoms with Crippen LogP contribution in [-0.2, 0) is 21.5 Å². The molecule has 0 unspecified atom stereocenters. The first-order chi connectivity index (χ1) is 12.1. The van der Waals surface area contributed by atoms with Gasteiger partial charge in [-0.2, -0.15) is 0 Å². The molecule has 4 heteroatoms. The summed E-state index contributed by atoms with van der Waals surface area (Å²) in [5, 5.41) is 11.0. The Bertz CT molecular complexity index is 515. The average Bonchev–Trinajstić information content (AvgIpc) is 2.62. The van der Waals surface area contributed by atoms with Crippen molar-refractivity contribution in [3.05, 3.63) is 35.4 Å². The third kappa shape index (κ3) is 6.03. The minimum absolute atomic E-state index is 0.155. The highest BCUT2D eigenvalue weighted by Gasteiger charge is 2.36. The van der Waals surface area contributed by atoms with Gasteiger partial charge in [0.2, 0.25) is 0 Å². The minimum atomic E-state index is -0.810. The van der Waals surface area contributed by atoms with Crippen LogP contribution in [-0.4, -0.2) is 24.0 Å². The summed E-state index contributed by atoms with van der Waals surface area (Å²) < 4.78 is 10.1. The van der Waals surface area contributed by atoms with Gasteiger partial charge in [0.25, 0.3) is 0 Å². The van der Waals surface area contributed by atoms with Crippen LogP contribution in [0.1, 0.15) is 76.3 Å². The van der Waals surface area contributed by atoms with Gasteiger partial charge in [-0.3, -0.25) is 0 Å². The topological polar surface area (TPSA) is 55.8 Å². The summed E-state index contributed by atoms with van der Waals surface area (Å²) in [4.78, 5) is 11.4. The maximum absolute atomic E-state index is 11.4. The molecule has 0 saturated heterocycles. The molecule has 0 aliphatic heterocycles. The van der Waals surface area contributed by atoms with Crippen LogP contribution >= 0.6 is 0 Å². The first-order valence-corrected chi connectivity index (χ1v) is 9.72. The molecule has 0 aromatic heterocycles. The van der Waals surface area contributed by atoms with Gasteiger partial charge < -0.3 is 14.6 Å². The molecule has 0 bridgehead atoms. The molecule has 25 heavy (non-hydrogen) atoms. The Balaban J connectivity index is 1.83. The number of aryl methyl sites for hydroxylation is 1. The fourth-order valence-electron chi connectivity index (χ4n) is 3.50. The molecular weight excluding hydrogens is 316 g/mol. The molecule has 4 nitrogen and oxygen atoms in total. The summed E-state index contributed by atoms with van der Waals surface area (Å²) in [6, 6.07) is 8.39. The number of benzene rings is 1. The summed E-state index contributed by atoms with van der Waals surface area (Å²) in [6.07, 6.45) is 7.94. The van der Waals surface area contributed by atoms with E-state index in [1.165, 1.54) is 31.2 Å². The molecule has 1 saturated carbocycles. The van der Waals surface area contributed by atoms with Gasteiger partial charge >= 0.3 is 6.16 Å². The molecule has 1 aromatic carbocycles. The number of hydrogen-bond donors (Lipinski definition) is 1. The van der Waals surface area contributed by atoms with Crippen LogP contribution in [0.4, 0.5) is 4.79 Å². The van der Waals surface area contributed by atoms with Crippen LogP contribution in [0.5, 0.6) is 0 Å². The molecule has 0 amide bonds. The van der Waals surface area contributed by atoms with Crippen molar-refractivity contribution in [3.63, 3.8) is 0 Å². The summed E-state index contributed by atoms with van der Waals surface area (Å²) in [5.74, 6) is 0. The Morgan fingerprint density at radius 2 is 1.80 bits per heavy atom. The zero-order valence-corrected chi connectivity index (χ0v) is 15.6. The summed E-state index contributed by atoms with van der Waals surface area (Å²) in [6.45, 7) is 4.30. The second kappa shape index (κ2) is 9.81. The van der Waals surface area contributed by atoms with Gasteiger partial charge in [0.05, 0.1) is 12.2 Å². The van der Waals surface area contributed by atoms with Crippen molar-refractivity contribution in [1.82, 2.24) is 0 Å². The van der Waals surface area contributed by atoms with Crippen molar-refractivity contribution in [2.75, 3.05) is 6.61 Å². The highest BCUT2D eigenvalue weighted by atomic mass is 16.7. The molecule has 0 atom stereocenters. The van der Waals surface area contributed by atoms with Gasteiger partial charge in [-0.25, -0.2) is 4.79 Å². The molecule has 0 spiro atoms. The molecule has 0 radical (unpaired) electrons. The van der Waals surface area contributed by atoms with Gasteiger partial charge in [0.15, 0.2) is 0 Å². The normalized spacial score (nSPS) is 23.2. The van der Waals surface area contributed by atoms with Crippen molar-refractivity contribution in [2.24, 2.45) is 0 Å². The molecule has 140 valence electrons. The van der Waals surface area contributed by atoms with E-state index in [4.69, 9.17) is 9.47 Å². The van der Waals surface area contributed by atoms with Crippen molar-refractivity contribution in [1.29, 1.82) is 0 Å². The van der Waals surface area contributed by atoms with Crippen LogP contribution in [0.2, 0.25) is 0 Å². The molecule has 1 N–H and O–H groups in total. The SMILES string of the molecule is CCCCCCc1ccc(C2(O)CCC(OC(=O)OCC)CC2)cc1. The van der Waals surface area contributed by atoms with E-state index in [1.54, 1.807) is 6.92 Å². The monoisotopic (exact) mass is 348 g/mol. The van der Waals surface area contributed by atoms with E-state index in [9.17, 15) is 9.90 Å². The lowest BCUT2D eigenvalue weighted by molar-refractivity contribution is -0.0530. The Labute approximate surface area is 151 Å². The predicted molar refractivity (Wildman–Crippen MR) is 98.5 cm³/mol. The molecule has 1 aromatic rings. The number of aliphatic hydroxyl groups is 1. The number of unbranched alkanes of at least 4 members (excludes halogenated alkanes) is 3. The summed E-state index contributed by atoms with van der Waals surface area (Å²) in [7, 11) is 0. The number of rotatable bonds is 8. The van der Waals surface area contributed by atoms with Crippen molar-refractivity contribution >= 4 is 6.16 Å². The van der Waals surface area contributed by atoms with Crippen LogP contribution < -0.4 is 0 Å². The third-order valence-electron chi connectivity index (χ3n) is 5.10. The predicted octanol–water partition coefficient (Wildman–Crippen LogP) is 5.11. The largest absolute Gasteiger partial charge is 0.508 e. The van der Waals surface area contributed by atoms with Gasteiger partial charge in [0, 0.05) is 0 Å². The highest BCUT2D eigenvalue weighted by Crippen LogP contribution is 2.38. The number of hydrogen-bond acceptors (Lipinski definition) is 4. The van der Waals surface area contributed by atoms with Crippen LogP contribution in [0.25, 0.3) is 0 Å². The Morgan fingerprint density at radius 1 is 1.12 bits per heavy atom. The van der Waals surface area contributed by atoms with E-state index in [2.05, 4.69) is 31.2 Å². The quantitative estimate of drug-likeness (QED) is 0.524. The zero-order chi connectivity index (χ0) is 18.1. The van der Waals surface area contributed by atoms with E-state index in [-0.39, 0.29) is 6.10 Å². The standard InChI is InChI=1S/C21H32O4/c1-3-5-6-7-8-17-9-11-18(12-10-17)21(23)15-13-19(14-16-21)25-20(22)24-4-2/h9-12,19,23H,3-8,13-16H2,1-2H3. The number of carbonyl (C=O) groups is 1. The van der Waals surface area contributed by atoms with Gasteiger partial charge in [-0.1, -0.05) is 50.5 Å². The summed E-state index contributed by atoms with van der Waals surface area (Å²) in [5.41, 5.74) is 1.50. The van der Waals surface area contributed by atoms with Crippen LogP contribution in [0, 0.1) is 0 Å². The van der Waals surface area contributed by atoms with Crippen molar-refractivity contribution in [3.8, 4) is 0 Å². The van der Waals surface area contributed by atoms with Gasteiger partial charge in [0.1, 0.15) is 6.10 Å². The van der Waals surface area contributed by atoms with E-state index in [0.717, 1.165) is 12.0 Å². The fourth-order valence-corrected chi connectivity index (χ4v) is 3.50. The smallest absolute Gasteiger partial charge is 0.435 e. The van der Waals surface area contributed by atoms with E-state index in [0.29, 0.717) is 32.3 Å². The molecule has 1 fully saturated rings. The lowest BCUT2D eigenvalue weighted by atomic mass is 9.78. The molecule has 1 aliphatic rings. The van der Waals surface area contributed by atoms with Crippen molar-refractivity contribution in [2.45, 2.75) is 83.3 Å². The van der Waals surface area contributed by atoms with Crippen LogP contribution in [0.15, 0.2) is 24.3 Å². The fraction of sp³-hybridized carbons (Fsp3) is 0.667. The first-order valence-electron chi connectivity index (χ1n) is 9.72. The summed E-state index contributed by atoms with van der Waals surface area (Å²) >= 11 is 0. The van der Waals surface area contributed by atoms with E-state index < -0.39 is 11.8 Å². The first kappa shape index (κ1) is 19.8. The Hall–Kier alpha value is -1.55. The third-order valence-corrected chi connectivity index (χ3v) is 5.10. The lowest BCUT2D eigenvalue weighted by Crippen LogP contribution is -2.35. The highest BCUT2D eigenvalue weighted by molar-refractivity contribution is 5.60. The average molecular weight is 348 g/mol. The molecule has 1 aliphatic carbocycles. The van der Waals surface area contributed by atoms with Crippen LogP contribution in [0.3, 0.4) is 0 Å². The Morgan fingerprint density at radius 3 is 2.40 bits per heavy atom.